The van der Waals surface area contributed by atoms with Gasteiger partial charge in [0.15, 0.2) is 5.13 Å². The molecule has 0 fully saturated rings. The molecule has 0 atom stereocenters. The number of carbonyl (C=O) groups excluding carboxylic acids is 1. The summed E-state index contributed by atoms with van der Waals surface area (Å²) >= 11 is 7.52. The lowest BCUT2D eigenvalue weighted by Gasteiger charge is -2.06. The van der Waals surface area contributed by atoms with E-state index in [0.717, 1.165) is 16.4 Å². The smallest absolute Gasteiger partial charge is 0.263 e. The van der Waals surface area contributed by atoms with E-state index in [1.165, 1.54) is 11.3 Å². The van der Waals surface area contributed by atoms with Crippen molar-refractivity contribution in [3.8, 4) is 5.13 Å². The molecule has 0 unspecified atom stereocenters. The van der Waals surface area contributed by atoms with Gasteiger partial charge >= 0.3 is 0 Å². The lowest BCUT2D eigenvalue weighted by atomic mass is 10.2. The number of halogens is 1. The maximum absolute atomic E-state index is 12.5. The van der Waals surface area contributed by atoms with Crippen LogP contribution in [0.25, 0.3) is 5.13 Å². The van der Waals surface area contributed by atoms with Crippen LogP contribution in [0.1, 0.15) is 27.9 Å². The van der Waals surface area contributed by atoms with E-state index in [1.807, 2.05) is 60.3 Å². The zero-order chi connectivity index (χ0) is 16.2. The molecule has 0 spiro atoms. The molecule has 0 bridgehead atoms. The lowest BCUT2D eigenvalue weighted by molar-refractivity contribution is 0.0954. The maximum Gasteiger partial charge on any atom is 0.263 e. The van der Waals surface area contributed by atoms with Gasteiger partial charge in [-0.25, -0.2) is 4.98 Å². The van der Waals surface area contributed by atoms with E-state index in [1.54, 1.807) is 0 Å². The first-order valence-corrected chi connectivity index (χ1v) is 8.53. The standard InChI is InChI=1S/C17H16ClN3OS/c1-2-14-15(23-17(20-14)21-9-5-6-10-21)16(22)19-11-12-7-3-4-8-13(12)18/h3-10H,2,11H2,1H3,(H,19,22). The molecule has 0 aliphatic rings. The highest BCUT2D eigenvalue weighted by Crippen LogP contribution is 2.23. The molecule has 2 aromatic heterocycles. The minimum Gasteiger partial charge on any atom is -0.347 e. The molecule has 118 valence electrons. The van der Waals surface area contributed by atoms with Crippen LogP contribution in [0.2, 0.25) is 5.02 Å². The maximum atomic E-state index is 12.5. The number of hydrogen-bond donors (Lipinski definition) is 1. The average Bonchev–Trinajstić information content (AvgIpc) is 3.22. The summed E-state index contributed by atoms with van der Waals surface area (Å²) in [4.78, 5) is 17.7. The van der Waals surface area contributed by atoms with E-state index in [2.05, 4.69) is 10.3 Å². The van der Waals surface area contributed by atoms with Gasteiger partial charge in [-0.05, 0) is 30.2 Å². The van der Waals surface area contributed by atoms with Crippen LogP contribution in [0.5, 0.6) is 0 Å². The topological polar surface area (TPSA) is 46.9 Å². The number of amides is 1. The highest BCUT2D eigenvalue weighted by Gasteiger charge is 2.17. The van der Waals surface area contributed by atoms with Gasteiger partial charge in [-0.1, -0.05) is 48.1 Å². The molecule has 3 rings (SSSR count). The van der Waals surface area contributed by atoms with Crippen LogP contribution in [-0.2, 0) is 13.0 Å². The SMILES string of the molecule is CCc1nc(-n2cccc2)sc1C(=O)NCc1ccccc1Cl. The molecule has 0 saturated heterocycles. The lowest BCUT2D eigenvalue weighted by Crippen LogP contribution is -2.23. The zero-order valence-corrected chi connectivity index (χ0v) is 14.2. The normalized spacial score (nSPS) is 10.7. The molecule has 1 N–H and O–H groups in total. The van der Waals surface area contributed by atoms with Crippen LogP contribution >= 0.6 is 22.9 Å². The third kappa shape index (κ3) is 3.46. The van der Waals surface area contributed by atoms with Crippen molar-refractivity contribution in [2.24, 2.45) is 0 Å². The van der Waals surface area contributed by atoms with E-state index in [4.69, 9.17) is 11.6 Å². The Balaban J connectivity index is 1.78. The van der Waals surface area contributed by atoms with Gasteiger partial charge in [0.1, 0.15) is 4.88 Å². The fourth-order valence-electron chi connectivity index (χ4n) is 2.23. The Kier molecular flexibility index (Phi) is 4.79. The van der Waals surface area contributed by atoms with E-state index in [9.17, 15) is 4.79 Å². The second-order valence-corrected chi connectivity index (χ2v) is 6.37. The number of thiazole rings is 1. The Bertz CT molecular complexity index is 811. The summed E-state index contributed by atoms with van der Waals surface area (Å²) in [5.41, 5.74) is 1.71. The monoisotopic (exact) mass is 345 g/mol. The summed E-state index contributed by atoms with van der Waals surface area (Å²) in [6.07, 6.45) is 4.56. The van der Waals surface area contributed by atoms with Crippen molar-refractivity contribution < 1.29 is 4.79 Å². The largest absolute Gasteiger partial charge is 0.347 e. The molecular weight excluding hydrogens is 330 g/mol. The van der Waals surface area contributed by atoms with Crippen molar-refractivity contribution in [3.63, 3.8) is 0 Å². The van der Waals surface area contributed by atoms with Crippen LogP contribution in [0.4, 0.5) is 0 Å². The number of nitrogens with zero attached hydrogens (tertiary/aromatic N) is 2. The molecule has 6 heteroatoms. The predicted octanol–water partition coefficient (Wildman–Crippen LogP) is 4.08. The molecule has 3 aromatic rings. The average molecular weight is 346 g/mol. The van der Waals surface area contributed by atoms with Crippen molar-refractivity contribution in [3.05, 3.63) is 69.9 Å². The second-order valence-electron chi connectivity index (χ2n) is 4.99. The number of aromatic nitrogens is 2. The minimum atomic E-state index is -0.113. The van der Waals surface area contributed by atoms with Crippen LogP contribution < -0.4 is 5.32 Å². The van der Waals surface area contributed by atoms with Crippen molar-refractivity contribution in [1.29, 1.82) is 0 Å². The molecule has 0 radical (unpaired) electrons. The summed E-state index contributed by atoms with van der Waals surface area (Å²) in [6, 6.07) is 11.4. The molecule has 1 aromatic carbocycles. The van der Waals surface area contributed by atoms with E-state index >= 15 is 0 Å². The van der Waals surface area contributed by atoms with Crippen molar-refractivity contribution in [2.75, 3.05) is 0 Å². The fraction of sp³-hybridized carbons (Fsp3) is 0.176. The number of rotatable bonds is 5. The molecule has 0 saturated carbocycles. The number of aryl methyl sites for hydroxylation is 1. The van der Waals surface area contributed by atoms with Crippen molar-refractivity contribution in [1.82, 2.24) is 14.9 Å². The first-order valence-electron chi connectivity index (χ1n) is 7.33. The van der Waals surface area contributed by atoms with Gasteiger partial charge in [0.2, 0.25) is 0 Å². The van der Waals surface area contributed by atoms with Gasteiger partial charge in [-0.3, -0.25) is 4.79 Å². The van der Waals surface area contributed by atoms with Gasteiger partial charge in [0, 0.05) is 24.0 Å². The fourth-order valence-corrected chi connectivity index (χ4v) is 3.47. The van der Waals surface area contributed by atoms with Crippen LogP contribution in [0.15, 0.2) is 48.8 Å². The van der Waals surface area contributed by atoms with Crippen LogP contribution in [-0.4, -0.2) is 15.5 Å². The second kappa shape index (κ2) is 6.98. The molecule has 1 amide bonds. The first-order chi connectivity index (χ1) is 11.2. The molecular formula is C17H16ClN3OS. The van der Waals surface area contributed by atoms with E-state index < -0.39 is 0 Å². The van der Waals surface area contributed by atoms with Gasteiger partial charge in [0.05, 0.1) is 5.69 Å². The Hall–Kier alpha value is -2.11. The van der Waals surface area contributed by atoms with Crippen molar-refractivity contribution in [2.45, 2.75) is 19.9 Å². The Morgan fingerprint density at radius 1 is 1.26 bits per heavy atom. The molecule has 2 heterocycles. The summed E-state index contributed by atoms with van der Waals surface area (Å²) in [6.45, 7) is 2.40. The molecule has 4 nitrogen and oxygen atoms in total. The van der Waals surface area contributed by atoms with E-state index in [0.29, 0.717) is 22.9 Å². The predicted molar refractivity (Wildman–Crippen MR) is 93.4 cm³/mol. The Morgan fingerprint density at radius 3 is 2.70 bits per heavy atom. The highest BCUT2D eigenvalue weighted by atomic mass is 35.5. The van der Waals surface area contributed by atoms with Crippen molar-refractivity contribution >= 4 is 28.8 Å². The Morgan fingerprint density at radius 2 is 2.00 bits per heavy atom. The third-order valence-electron chi connectivity index (χ3n) is 3.45. The number of hydrogen-bond acceptors (Lipinski definition) is 3. The molecule has 23 heavy (non-hydrogen) atoms. The quantitative estimate of drug-likeness (QED) is 0.757. The number of carbonyl (C=O) groups is 1. The summed E-state index contributed by atoms with van der Waals surface area (Å²) in [5.74, 6) is -0.113. The number of benzene rings is 1. The highest BCUT2D eigenvalue weighted by molar-refractivity contribution is 7.16. The van der Waals surface area contributed by atoms with E-state index in [-0.39, 0.29) is 5.91 Å². The van der Waals surface area contributed by atoms with Gasteiger partial charge in [0.25, 0.3) is 5.91 Å². The summed E-state index contributed by atoms with van der Waals surface area (Å²) in [7, 11) is 0. The minimum absolute atomic E-state index is 0.113. The zero-order valence-electron chi connectivity index (χ0n) is 12.6. The third-order valence-corrected chi connectivity index (χ3v) is 4.93. The van der Waals surface area contributed by atoms with Crippen LogP contribution in [0.3, 0.4) is 0 Å². The van der Waals surface area contributed by atoms with Gasteiger partial charge in [-0.2, -0.15) is 0 Å². The number of nitrogens with one attached hydrogen (secondary N) is 1. The first kappa shape index (κ1) is 15.8. The Labute approximate surface area is 143 Å². The molecule has 0 aliphatic heterocycles. The molecule has 0 aliphatic carbocycles. The van der Waals surface area contributed by atoms with Gasteiger partial charge in [-0.15, -0.1) is 0 Å². The van der Waals surface area contributed by atoms with Crippen LogP contribution in [0, 0.1) is 0 Å². The summed E-state index contributed by atoms with van der Waals surface area (Å²) < 4.78 is 1.91. The summed E-state index contributed by atoms with van der Waals surface area (Å²) in [5, 5.41) is 4.38. The van der Waals surface area contributed by atoms with Gasteiger partial charge < -0.3 is 9.88 Å².